The van der Waals surface area contributed by atoms with Crippen LogP contribution in [0.1, 0.15) is 18.5 Å². The topological polar surface area (TPSA) is 80.8 Å². The summed E-state index contributed by atoms with van der Waals surface area (Å²) >= 11 is 0. The number of hydrogen-bond acceptors (Lipinski definition) is 3. The van der Waals surface area contributed by atoms with Crippen molar-refractivity contribution in [2.75, 3.05) is 40.0 Å². The van der Waals surface area contributed by atoms with Crippen molar-refractivity contribution < 1.29 is 8.42 Å². The molecule has 0 spiro atoms. The van der Waals surface area contributed by atoms with Crippen LogP contribution in [0.3, 0.4) is 0 Å². The molecule has 1 aliphatic heterocycles. The molecule has 2 rings (SSSR count). The molecule has 130 valence electrons. The minimum Gasteiger partial charge on any atom is -0.364 e. The monoisotopic (exact) mass is 341 g/mol. The van der Waals surface area contributed by atoms with Crippen LogP contribution < -0.4 is 5.32 Å². The molecule has 2 N–H and O–H groups in total. The number of hydrogen-bond donors (Lipinski definition) is 2. The summed E-state index contributed by atoms with van der Waals surface area (Å²) in [7, 11) is 0.730. The first kappa shape index (κ1) is 17.8. The van der Waals surface area contributed by atoms with E-state index >= 15 is 0 Å². The molecule has 8 heteroatoms. The summed E-state index contributed by atoms with van der Waals surface area (Å²) in [5.74, 6) is 1.33. The fraction of sp³-hybridized carbons (Fsp3) is 0.667. The van der Waals surface area contributed by atoms with Crippen molar-refractivity contribution in [2.45, 2.75) is 19.4 Å². The van der Waals surface area contributed by atoms with Gasteiger partial charge in [-0.2, -0.15) is 0 Å². The standard InChI is InChI=1S/C15H27N5O2S/c1-16-15(19(2)12-14-5-4-8-17-14)18-11-13-6-9-20(10-7-13)23(3,21)22/h4-5,8,13,17H,6-7,9-12H2,1-3H3,(H,16,18). The highest BCUT2D eigenvalue weighted by Gasteiger charge is 2.25. The van der Waals surface area contributed by atoms with Gasteiger partial charge in [0.2, 0.25) is 10.0 Å². The zero-order valence-corrected chi connectivity index (χ0v) is 14.9. The molecule has 23 heavy (non-hydrogen) atoms. The summed E-state index contributed by atoms with van der Waals surface area (Å²) in [4.78, 5) is 9.57. The molecule has 0 bridgehead atoms. The van der Waals surface area contributed by atoms with Crippen molar-refractivity contribution in [3.8, 4) is 0 Å². The molecule has 7 nitrogen and oxygen atoms in total. The number of sulfonamides is 1. The summed E-state index contributed by atoms with van der Waals surface area (Å²) in [5, 5.41) is 3.40. The van der Waals surface area contributed by atoms with E-state index in [1.54, 1.807) is 11.4 Å². The second-order valence-corrected chi connectivity index (χ2v) is 8.07. The van der Waals surface area contributed by atoms with Gasteiger partial charge in [-0.25, -0.2) is 12.7 Å². The Bertz CT molecular complexity index is 604. The summed E-state index contributed by atoms with van der Waals surface area (Å²) < 4.78 is 24.6. The maximum atomic E-state index is 11.5. The third-order valence-electron chi connectivity index (χ3n) is 4.23. The lowest BCUT2D eigenvalue weighted by molar-refractivity contribution is 0.273. The molecular weight excluding hydrogens is 314 g/mol. The molecule has 0 aromatic carbocycles. The number of nitrogens with one attached hydrogen (secondary N) is 2. The first-order valence-electron chi connectivity index (χ1n) is 7.89. The Morgan fingerprint density at radius 1 is 1.48 bits per heavy atom. The van der Waals surface area contributed by atoms with Crippen LogP contribution in [-0.2, 0) is 16.6 Å². The molecule has 0 aliphatic carbocycles. The maximum absolute atomic E-state index is 11.5. The fourth-order valence-corrected chi connectivity index (χ4v) is 3.74. The number of nitrogens with zero attached hydrogens (tertiary/aromatic N) is 3. The summed E-state index contributed by atoms with van der Waals surface area (Å²) in [6, 6.07) is 4.03. The van der Waals surface area contributed by atoms with Gasteiger partial charge in [0.15, 0.2) is 5.96 Å². The predicted octanol–water partition coefficient (Wildman–Crippen LogP) is 0.694. The largest absolute Gasteiger partial charge is 0.364 e. The van der Waals surface area contributed by atoms with Gasteiger partial charge >= 0.3 is 0 Å². The first-order valence-corrected chi connectivity index (χ1v) is 9.74. The average molecular weight is 341 g/mol. The second kappa shape index (κ2) is 7.83. The highest BCUT2D eigenvalue weighted by atomic mass is 32.2. The van der Waals surface area contributed by atoms with Crippen LogP contribution in [0, 0.1) is 5.92 Å². The highest BCUT2D eigenvalue weighted by molar-refractivity contribution is 7.88. The van der Waals surface area contributed by atoms with Crippen molar-refractivity contribution in [1.82, 2.24) is 19.5 Å². The molecule has 0 amide bonds. The molecule has 1 aromatic heterocycles. The van der Waals surface area contributed by atoms with Gasteiger partial charge < -0.3 is 15.2 Å². The molecule has 1 aliphatic rings. The van der Waals surface area contributed by atoms with Crippen molar-refractivity contribution in [3.63, 3.8) is 0 Å². The molecule has 1 saturated heterocycles. The Morgan fingerprint density at radius 3 is 2.70 bits per heavy atom. The second-order valence-electron chi connectivity index (χ2n) is 6.08. The number of aromatic amines is 1. The van der Waals surface area contributed by atoms with E-state index in [1.807, 2.05) is 25.4 Å². The van der Waals surface area contributed by atoms with Crippen molar-refractivity contribution >= 4 is 16.0 Å². The van der Waals surface area contributed by atoms with Gasteiger partial charge in [-0.15, -0.1) is 0 Å². The van der Waals surface area contributed by atoms with E-state index in [4.69, 9.17) is 0 Å². The zero-order chi connectivity index (χ0) is 16.9. The highest BCUT2D eigenvalue weighted by Crippen LogP contribution is 2.18. The van der Waals surface area contributed by atoms with Gasteiger partial charge in [0, 0.05) is 45.6 Å². The Morgan fingerprint density at radius 2 is 2.17 bits per heavy atom. The lowest BCUT2D eigenvalue weighted by Crippen LogP contribution is -2.44. The van der Waals surface area contributed by atoms with Crippen LogP contribution in [0.25, 0.3) is 0 Å². The summed E-state index contributed by atoms with van der Waals surface area (Å²) in [6.07, 6.45) is 4.97. The van der Waals surface area contributed by atoms with Crippen molar-refractivity contribution in [3.05, 3.63) is 24.0 Å². The molecule has 0 saturated carbocycles. The van der Waals surface area contributed by atoms with Gasteiger partial charge in [-0.05, 0) is 30.9 Å². The Hall–Kier alpha value is -1.54. The lowest BCUT2D eigenvalue weighted by Gasteiger charge is -2.31. The van der Waals surface area contributed by atoms with Crippen LogP contribution in [0.15, 0.2) is 23.3 Å². The Labute approximate surface area is 138 Å². The smallest absolute Gasteiger partial charge is 0.211 e. The molecule has 0 atom stereocenters. The molecule has 1 aromatic rings. The SMILES string of the molecule is CN=C(NCC1CCN(S(C)(=O)=O)CC1)N(C)Cc1ccc[nH]1. The van der Waals surface area contributed by atoms with Gasteiger partial charge in [0.25, 0.3) is 0 Å². The fourth-order valence-electron chi connectivity index (χ4n) is 2.86. The van der Waals surface area contributed by atoms with E-state index < -0.39 is 10.0 Å². The quantitative estimate of drug-likeness (QED) is 0.610. The molecule has 2 heterocycles. The molecular formula is C15H27N5O2S. The van der Waals surface area contributed by atoms with Crippen LogP contribution in [0.2, 0.25) is 0 Å². The van der Waals surface area contributed by atoms with Crippen LogP contribution in [-0.4, -0.2) is 68.6 Å². The molecule has 1 fully saturated rings. The van der Waals surface area contributed by atoms with E-state index in [0.29, 0.717) is 19.0 Å². The average Bonchev–Trinajstić information content (AvgIpc) is 3.00. The molecule has 0 unspecified atom stereocenters. The lowest BCUT2D eigenvalue weighted by atomic mass is 9.98. The molecule has 0 radical (unpaired) electrons. The van der Waals surface area contributed by atoms with Crippen LogP contribution in [0.4, 0.5) is 0 Å². The number of piperidine rings is 1. The number of rotatable bonds is 5. The van der Waals surface area contributed by atoms with E-state index in [2.05, 4.69) is 20.2 Å². The van der Waals surface area contributed by atoms with Gasteiger partial charge in [-0.1, -0.05) is 0 Å². The first-order chi connectivity index (χ1) is 10.9. The third kappa shape index (κ3) is 5.24. The minimum atomic E-state index is -3.05. The Kier molecular flexibility index (Phi) is 6.06. The third-order valence-corrected chi connectivity index (χ3v) is 5.54. The van der Waals surface area contributed by atoms with E-state index in [9.17, 15) is 8.42 Å². The van der Waals surface area contributed by atoms with E-state index in [1.165, 1.54) is 6.26 Å². The van der Waals surface area contributed by atoms with Gasteiger partial charge in [0.1, 0.15) is 0 Å². The van der Waals surface area contributed by atoms with Crippen LogP contribution >= 0.6 is 0 Å². The van der Waals surface area contributed by atoms with Crippen LogP contribution in [0.5, 0.6) is 0 Å². The van der Waals surface area contributed by atoms with E-state index in [0.717, 1.165) is 37.6 Å². The van der Waals surface area contributed by atoms with Crippen molar-refractivity contribution in [2.24, 2.45) is 10.9 Å². The Balaban J connectivity index is 1.78. The normalized spacial score (nSPS) is 18.1. The van der Waals surface area contributed by atoms with Crippen molar-refractivity contribution in [1.29, 1.82) is 0 Å². The number of aliphatic imine (C=N–C) groups is 1. The number of H-pyrrole nitrogens is 1. The van der Waals surface area contributed by atoms with Gasteiger partial charge in [-0.3, -0.25) is 4.99 Å². The number of aromatic nitrogens is 1. The maximum Gasteiger partial charge on any atom is 0.211 e. The zero-order valence-electron chi connectivity index (χ0n) is 14.1. The minimum absolute atomic E-state index is 0.476. The number of guanidine groups is 1. The summed E-state index contributed by atoms with van der Waals surface area (Å²) in [5.41, 5.74) is 1.14. The predicted molar refractivity (Wildman–Crippen MR) is 92.8 cm³/mol. The summed E-state index contributed by atoms with van der Waals surface area (Å²) in [6.45, 7) is 2.81. The van der Waals surface area contributed by atoms with E-state index in [-0.39, 0.29) is 0 Å². The van der Waals surface area contributed by atoms with Gasteiger partial charge in [0.05, 0.1) is 12.8 Å².